The fourth-order valence-electron chi connectivity index (χ4n) is 8.19. The van der Waals surface area contributed by atoms with Crippen LogP contribution in [0.2, 0.25) is 0 Å². The van der Waals surface area contributed by atoms with Crippen LogP contribution in [-0.4, -0.2) is 14.5 Å². The highest BCUT2D eigenvalue weighted by molar-refractivity contribution is 6.10. The molecular weight excluding hydrogens is 631 g/mol. The van der Waals surface area contributed by atoms with E-state index in [0.717, 1.165) is 22.5 Å². The van der Waals surface area contributed by atoms with Crippen LogP contribution in [0.1, 0.15) is 25.0 Å². The number of fused-ring (bicyclic) bond motifs is 6. The van der Waals surface area contributed by atoms with Gasteiger partial charge < -0.3 is 4.57 Å². The van der Waals surface area contributed by atoms with Gasteiger partial charge in [-0.15, -0.1) is 0 Å². The molecule has 52 heavy (non-hydrogen) atoms. The molecule has 0 saturated carbocycles. The second-order valence-corrected chi connectivity index (χ2v) is 14.3. The number of para-hydroxylation sites is 2. The molecule has 0 spiro atoms. The van der Waals surface area contributed by atoms with Crippen molar-refractivity contribution in [2.75, 3.05) is 0 Å². The number of benzene rings is 6. The van der Waals surface area contributed by atoms with E-state index in [4.69, 9.17) is 4.98 Å². The predicted molar refractivity (Wildman–Crippen MR) is 216 cm³/mol. The first kappa shape index (κ1) is 30.3. The summed E-state index contributed by atoms with van der Waals surface area (Å²) in [6.07, 6.45) is 3.71. The van der Waals surface area contributed by atoms with Crippen molar-refractivity contribution >= 4 is 21.8 Å². The highest BCUT2D eigenvalue weighted by Crippen LogP contribution is 2.51. The lowest BCUT2D eigenvalue weighted by atomic mass is 9.81. The standard InChI is InChI=1S/C49H35N3/c1-49(2)43-29-35(32-15-17-33(18-16-32)46-25-21-37(31-51-46)45-13-8-9-27-50-45)19-23-39(43)40-24-20-36(30-44(40)49)34-22-26-48-42(28-34)41-12-6-7-14-47(41)52(48)38-10-4-3-5-11-38/h3-31H,1-2H3. The number of aromatic nitrogens is 3. The van der Waals surface area contributed by atoms with Crippen molar-refractivity contribution in [1.29, 1.82) is 0 Å². The van der Waals surface area contributed by atoms with E-state index >= 15 is 0 Å². The Kier molecular flexibility index (Phi) is 6.84. The van der Waals surface area contributed by atoms with Gasteiger partial charge in [0.1, 0.15) is 0 Å². The largest absolute Gasteiger partial charge is 0.309 e. The molecule has 1 aliphatic rings. The van der Waals surface area contributed by atoms with Gasteiger partial charge in [-0.3, -0.25) is 9.97 Å². The third kappa shape index (κ3) is 4.81. The average molecular weight is 666 g/mol. The first-order valence-electron chi connectivity index (χ1n) is 17.9. The summed E-state index contributed by atoms with van der Waals surface area (Å²) in [6.45, 7) is 4.73. The summed E-state index contributed by atoms with van der Waals surface area (Å²) < 4.78 is 2.38. The van der Waals surface area contributed by atoms with Crippen LogP contribution in [0.5, 0.6) is 0 Å². The van der Waals surface area contributed by atoms with E-state index in [0.29, 0.717) is 0 Å². The molecule has 0 N–H and O–H groups in total. The zero-order valence-electron chi connectivity index (χ0n) is 29.1. The highest BCUT2D eigenvalue weighted by Gasteiger charge is 2.36. The molecule has 0 unspecified atom stereocenters. The minimum Gasteiger partial charge on any atom is -0.309 e. The van der Waals surface area contributed by atoms with Gasteiger partial charge in [-0.2, -0.15) is 0 Å². The second-order valence-electron chi connectivity index (χ2n) is 14.3. The number of rotatable bonds is 5. The zero-order chi connectivity index (χ0) is 34.8. The summed E-state index contributed by atoms with van der Waals surface area (Å²) in [7, 11) is 0. The fraction of sp³-hybridized carbons (Fsp3) is 0.0612. The lowest BCUT2D eigenvalue weighted by molar-refractivity contribution is 0.661. The number of hydrogen-bond acceptors (Lipinski definition) is 2. The third-order valence-corrected chi connectivity index (χ3v) is 10.9. The van der Waals surface area contributed by atoms with Gasteiger partial charge in [-0.25, -0.2) is 0 Å². The van der Waals surface area contributed by atoms with Crippen LogP contribution in [0.4, 0.5) is 0 Å². The van der Waals surface area contributed by atoms with Gasteiger partial charge in [0.05, 0.1) is 22.4 Å². The van der Waals surface area contributed by atoms with Crippen LogP contribution < -0.4 is 0 Å². The van der Waals surface area contributed by atoms with E-state index in [1.165, 1.54) is 72.0 Å². The minimum absolute atomic E-state index is 0.136. The second kappa shape index (κ2) is 11.8. The molecule has 0 aliphatic heterocycles. The summed E-state index contributed by atoms with van der Waals surface area (Å²) in [4.78, 5) is 9.20. The fourth-order valence-corrected chi connectivity index (χ4v) is 8.19. The van der Waals surface area contributed by atoms with Gasteiger partial charge in [0.2, 0.25) is 0 Å². The highest BCUT2D eigenvalue weighted by atomic mass is 15.0. The molecule has 1 aliphatic carbocycles. The smallest absolute Gasteiger partial charge is 0.0717 e. The average Bonchev–Trinajstić information content (AvgIpc) is 3.66. The maximum Gasteiger partial charge on any atom is 0.0717 e. The molecule has 6 aromatic carbocycles. The van der Waals surface area contributed by atoms with Gasteiger partial charge >= 0.3 is 0 Å². The number of nitrogens with zero attached hydrogens (tertiary/aromatic N) is 3. The molecule has 246 valence electrons. The Morgan fingerprint density at radius 2 is 1.00 bits per heavy atom. The molecule has 3 heterocycles. The Morgan fingerprint density at radius 1 is 0.423 bits per heavy atom. The van der Waals surface area contributed by atoms with Crippen molar-refractivity contribution < 1.29 is 0 Å². The Morgan fingerprint density at radius 3 is 1.71 bits per heavy atom. The monoisotopic (exact) mass is 665 g/mol. The van der Waals surface area contributed by atoms with Gasteiger partial charge in [-0.05, 0) is 111 Å². The van der Waals surface area contributed by atoms with E-state index in [1.807, 2.05) is 30.6 Å². The minimum atomic E-state index is -0.136. The molecule has 0 fully saturated rings. The molecule has 10 rings (SSSR count). The molecule has 0 saturated heterocycles. The van der Waals surface area contributed by atoms with Crippen LogP contribution in [0, 0.1) is 0 Å². The van der Waals surface area contributed by atoms with Crippen LogP contribution in [0.3, 0.4) is 0 Å². The summed E-state index contributed by atoms with van der Waals surface area (Å²) in [6, 6.07) is 59.2. The zero-order valence-corrected chi connectivity index (χ0v) is 29.1. The Bertz CT molecular complexity index is 2780. The SMILES string of the molecule is CC1(C)c2cc(-c3ccc(-c4ccc(-c5ccccn5)cn4)cc3)ccc2-c2ccc(-c3ccc4c(c3)c3ccccc3n4-c3ccccc3)cc21. The number of hydrogen-bond donors (Lipinski definition) is 0. The lowest BCUT2D eigenvalue weighted by Crippen LogP contribution is -2.15. The molecule has 0 atom stereocenters. The normalized spacial score (nSPS) is 13.0. The van der Waals surface area contributed by atoms with Crippen molar-refractivity contribution in [2.24, 2.45) is 0 Å². The van der Waals surface area contributed by atoms with Crippen LogP contribution >= 0.6 is 0 Å². The van der Waals surface area contributed by atoms with Crippen LogP contribution in [0.25, 0.3) is 83.4 Å². The van der Waals surface area contributed by atoms with Crippen molar-refractivity contribution in [3.05, 3.63) is 187 Å². The van der Waals surface area contributed by atoms with E-state index in [1.54, 1.807) is 0 Å². The van der Waals surface area contributed by atoms with Crippen LogP contribution in [0.15, 0.2) is 176 Å². The van der Waals surface area contributed by atoms with Crippen molar-refractivity contribution in [3.63, 3.8) is 0 Å². The molecule has 0 amide bonds. The Labute approximate surface area is 303 Å². The quantitative estimate of drug-likeness (QED) is 0.183. The lowest BCUT2D eigenvalue weighted by Gasteiger charge is -2.22. The van der Waals surface area contributed by atoms with Gasteiger partial charge in [0.25, 0.3) is 0 Å². The summed E-state index contributed by atoms with van der Waals surface area (Å²) in [5.41, 5.74) is 17.8. The molecule has 0 radical (unpaired) electrons. The van der Waals surface area contributed by atoms with E-state index in [-0.39, 0.29) is 5.41 Å². The molecule has 3 aromatic heterocycles. The third-order valence-electron chi connectivity index (χ3n) is 10.9. The molecule has 3 heteroatoms. The Hall–Kier alpha value is -6.58. The summed E-state index contributed by atoms with van der Waals surface area (Å²) in [5.74, 6) is 0. The van der Waals surface area contributed by atoms with Crippen LogP contribution in [-0.2, 0) is 5.41 Å². The first-order chi connectivity index (χ1) is 25.5. The molecule has 3 nitrogen and oxygen atoms in total. The molecule has 0 bridgehead atoms. The van der Waals surface area contributed by atoms with Crippen molar-refractivity contribution in [3.8, 4) is 61.6 Å². The van der Waals surface area contributed by atoms with E-state index in [9.17, 15) is 0 Å². The summed E-state index contributed by atoms with van der Waals surface area (Å²) in [5, 5.41) is 2.54. The van der Waals surface area contributed by atoms with Gasteiger partial charge in [0, 0.05) is 45.4 Å². The van der Waals surface area contributed by atoms with Crippen molar-refractivity contribution in [2.45, 2.75) is 19.3 Å². The summed E-state index contributed by atoms with van der Waals surface area (Å²) >= 11 is 0. The van der Waals surface area contributed by atoms with E-state index in [2.05, 4.69) is 169 Å². The number of pyridine rings is 2. The molecule has 9 aromatic rings. The van der Waals surface area contributed by atoms with Gasteiger partial charge in [-0.1, -0.05) is 111 Å². The van der Waals surface area contributed by atoms with E-state index < -0.39 is 0 Å². The van der Waals surface area contributed by atoms with Crippen molar-refractivity contribution in [1.82, 2.24) is 14.5 Å². The molecular formula is C49H35N3. The topological polar surface area (TPSA) is 30.7 Å². The predicted octanol–water partition coefficient (Wildman–Crippen LogP) is 12.5. The van der Waals surface area contributed by atoms with Gasteiger partial charge in [0.15, 0.2) is 0 Å². The Balaban J connectivity index is 0.965. The maximum absolute atomic E-state index is 4.75. The first-order valence-corrected chi connectivity index (χ1v) is 17.9. The maximum atomic E-state index is 4.75.